The highest BCUT2D eigenvalue weighted by Gasteiger charge is 2.40. The molecule has 2 aliphatic rings. The minimum absolute atomic E-state index is 0.139. The van der Waals surface area contributed by atoms with Gasteiger partial charge in [0.1, 0.15) is 0 Å². The second-order valence-corrected chi connectivity index (χ2v) is 7.39. The molecule has 2 unspecified atom stereocenters. The summed E-state index contributed by atoms with van der Waals surface area (Å²) in [5.74, 6) is 2.41. The Morgan fingerprint density at radius 1 is 1.00 bits per heavy atom. The molecule has 0 aromatic heterocycles. The minimum Gasteiger partial charge on any atom is -0.325 e. The smallest absolute Gasteiger partial charge is 0.0183 e. The molecule has 0 heterocycles. The summed E-state index contributed by atoms with van der Waals surface area (Å²) in [7, 11) is 0. The molecule has 2 atom stereocenters. The first-order valence-electron chi connectivity index (χ1n) is 8.51. The van der Waals surface area contributed by atoms with Crippen molar-refractivity contribution in [1.29, 1.82) is 0 Å². The van der Waals surface area contributed by atoms with E-state index in [2.05, 4.69) is 37.3 Å². The van der Waals surface area contributed by atoms with Crippen LogP contribution in [0.2, 0.25) is 0 Å². The zero-order valence-corrected chi connectivity index (χ0v) is 12.9. The highest BCUT2D eigenvalue weighted by Crippen LogP contribution is 2.45. The van der Waals surface area contributed by atoms with Gasteiger partial charge in [0, 0.05) is 5.54 Å². The van der Waals surface area contributed by atoms with Crippen LogP contribution in [0.4, 0.5) is 0 Å². The molecule has 2 aliphatic carbocycles. The van der Waals surface area contributed by atoms with Crippen molar-refractivity contribution in [2.24, 2.45) is 17.6 Å². The van der Waals surface area contributed by atoms with Crippen molar-refractivity contribution >= 4 is 0 Å². The summed E-state index contributed by atoms with van der Waals surface area (Å²) in [6.45, 7) is 2.41. The largest absolute Gasteiger partial charge is 0.325 e. The Hall–Kier alpha value is -0.820. The number of hydrogen-bond acceptors (Lipinski definition) is 1. The molecule has 3 rings (SSSR count). The lowest BCUT2D eigenvalue weighted by Gasteiger charge is -2.45. The highest BCUT2D eigenvalue weighted by atomic mass is 14.8. The molecule has 0 amide bonds. The Labute approximate surface area is 124 Å². The van der Waals surface area contributed by atoms with Crippen molar-refractivity contribution in [3.8, 4) is 0 Å². The number of benzene rings is 1. The Kier molecular flexibility index (Phi) is 4.16. The SMILES string of the molecule is CC1CCCC(C2(N)CCC(c3ccccc3)CC2)C1. The Morgan fingerprint density at radius 2 is 1.70 bits per heavy atom. The maximum atomic E-state index is 6.84. The van der Waals surface area contributed by atoms with Gasteiger partial charge in [-0.15, -0.1) is 0 Å². The lowest BCUT2D eigenvalue weighted by atomic mass is 9.64. The lowest BCUT2D eigenvalue weighted by molar-refractivity contribution is 0.124. The van der Waals surface area contributed by atoms with E-state index in [-0.39, 0.29) is 5.54 Å². The first kappa shape index (κ1) is 14.1. The quantitative estimate of drug-likeness (QED) is 0.816. The van der Waals surface area contributed by atoms with Crippen molar-refractivity contribution < 1.29 is 0 Å². The van der Waals surface area contributed by atoms with Gasteiger partial charge in [-0.3, -0.25) is 0 Å². The summed E-state index contributed by atoms with van der Waals surface area (Å²) < 4.78 is 0. The Balaban J connectivity index is 1.62. The topological polar surface area (TPSA) is 26.0 Å². The molecule has 2 N–H and O–H groups in total. The van der Waals surface area contributed by atoms with Gasteiger partial charge in [-0.05, 0) is 61.8 Å². The molecule has 20 heavy (non-hydrogen) atoms. The third-order valence-electron chi connectivity index (χ3n) is 5.94. The van der Waals surface area contributed by atoms with Crippen LogP contribution in [0, 0.1) is 11.8 Å². The van der Waals surface area contributed by atoms with Crippen LogP contribution < -0.4 is 5.73 Å². The first-order chi connectivity index (χ1) is 9.67. The molecule has 2 fully saturated rings. The van der Waals surface area contributed by atoms with Crippen molar-refractivity contribution in [3.05, 3.63) is 35.9 Å². The number of hydrogen-bond donors (Lipinski definition) is 1. The van der Waals surface area contributed by atoms with E-state index in [0.717, 1.165) is 17.8 Å². The summed E-state index contributed by atoms with van der Waals surface area (Å²) in [5.41, 5.74) is 8.50. The zero-order chi connectivity index (χ0) is 14.0. The Morgan fingerprint density at radius 3 is 2.35 bits per heavy atom. The van der Waals surface area contributed by atoms with Gasteiger partial charge in [0.2, 0.25) is 0 Å². The van der Waals surface area contributed by atoms with Gasteiger partial charge >= 0.3 is 0 Å². The molecule has 1 nitrogen and oxygen atoms in total. The predicted molar refractivity (Wildman–Crippen MR) is 85.7 cm³/mol. The van der Waals surface area contributed by atoms with Crippen molar-refractivity contribution in [3.63, 3.8) is 0 Å². The van der Waals surface area contributed by atoms with Gasteiger partial charge in [0.25, 0.3) is 0 Å². The molecule has 1 aromatic carbocycles. The van der Waals surface area contributed by atoms with Crippen LogP contribution in [0.3, 0.4) is 0 Å². The summed E-state index contributed by atoms with van der Waals surface area (Å²) >= 11 is 0. The summed E-state index contributed by atoms with van der Waals surface area (Å²) in [4.78, 5) is 0. The average molecular weight is 271 g/mol. The molecule has 0 bridgehead atoms. The summed E-state index contributed by atoms with van der Waals surface area (Å²) in [5, 5.41) is 0. The normalized spacial score (nSPS) is 38.6. The van der Waals surface area contributed by atoms with E-state index in [9.17, 15) is 0 Å². The standard InChI is InChI=1S/C19H29N/c1-15-6-5-9-18(14-15)19(20)12-10-17(11-13-19)16-7-3-2-4-8-16/h2-4,7-8,15,17-18H,5-6,9-14,20H2,1H3. The van der Waals surface area contributed by atoms with Crippen molar-refractivity contribution in [2.45, 2.75) is 69.7 Å². The van der Waals surface area contributed by atoms with E-state index in [1.165, 1.54) is 56.9 Å². The molecule has 1 heteroatoms. The van der Waals surface area contributed by atoms with Gasteiger partial charge in [-0.25, -0.2) is 0 Å². The number of nitrogens with two attached hydrogens (primary N) is 1. The fraction of sp³-hybridized carbons (Fsp3) is 0.684. The third-order valence-corrected chi connectivity index (χ3v) is 5.94. The van der Waals surface area contributed by atoms with E-state index in [4.69, 9.17) is 5.73 Å². The summed E-state index contributed by atoms with van der Waals surface area (Å²) in [6.07, 6.45) is 10.6. The maximum Gasteiger partial charge on any atom is 0.0183 e. The van der Waals surface area contributed by atoms with Crippen LogP contribution >= 0.6 is 0 Å². The van der Waals surface area contributed by atoms with Crippen LogP contribution in [0.5, 0.6) is 0 Å². The second-order valence-electron chi connectivity index (χ2n) is 7.39. The van der Waals surface area contributed by atoms with Crippen LogP contribution in [-0.4, -0.2) is 5.54 Å². The average Bonchev–Trinajstić information content (AvgIpc) is 2.49. The highest BCUT2D eigenvalue weighted by molar-refractivity contribution is 5.20. The van der Waals surface area contributed by atoms with Crippen molar-refractivity contribution in [2.75, 3.05) is 0 Å². The molecule has 0 aliphatic heterocycles. The van der Waals surface area contributed by atoms with Gasteiger partial charge in [0.15, 0.2) is 0 Å². The van der Waals surface area contributed by atoms with Crippen LogP contribution in [0.25, 0.3) is 0 Å². The predicted octanol–water partition coefficient (Wildman–Crippen LogP) is 4.87. The molecule has 0 radical (unpaired) electrons. The molecule has 110 valence electrons. The third kappa shape index (κ3) is 2.93. The zero-order valence-electron chi connectivity index (χ0n) is 12.9. The minimum atomic E-state index is 0.139. The molecule has 0 saturated heterocycles. The van der Waals surface area contributed by atoms with Gasteiger partial charge in [-0.1, -0.05) is 50.1 Å². The van der Waals surface area contributed by atoms with Crippen LogP contribution in [0.15, 0.2) is 30.3 Å². The molecular formula is C19H29N. The van der Waals surface area contributed by atoms with Crippen LogP contribution in [-0.2, 0) is 0 Å². The summed E-state index contributed by atoms with van der Waals surface area (Å²) in [6, 6.07) is 11.0. The molecular weight excluding hydrogens is 242 g/mol. The molecule has 2 saturated carbocycles. The van der Waals surface area contributed by atoms with E-state index >= 15 is 0 Å². The second kappa shape index (κ2) is 5.89. The van der Waals surface area contributed by atoms with Gasteiger partial charge in [0.05, 0.1) is 0 Å². The van der Waals surface area contributed by atoms with Gasteiger partial charge < -0.3 is 5.73 Å². The van der Waals surface area contributed by atoms with E-state index in [0.29, 0.717) is 0 Å². The lowest BCUT2D eigenvalue weighted by Crippen LogP contribution is -2.50. The Bertz CT molecular complexity index is 417. The van der Waals surface area contributed by atoms with E-state index in [1.54, 1.807) is 0 Å². The van der Waals surface area contributed by atoms with E-state index < -0.39 is 0 Å². The van der Waals surface area contributed by atoms with Crippen molar-refractivity contribution in [1.82, 2.24) is 0 Å². The van der Waals surface area contributed by atoms with Crippen LogP contribution in [0.1, 0.15) is 69.8 Å². The monoisotopic (exact) mass is 271 g/mol. The molecule has 1 aromatic rings. The number of rotatable bonds is 2. The maximum absolute atomic E-state index is 6.84. The molecule has 0 spiro atoms. The first-order valence-corrected chi connectivity index (χ1v) is 8.51. The van der Waals surface area contributed by atoms with Gasteiger partial charge in [-0.2, -0.15) is 0 Å². The fourth-order valence-electron chi connectivity index (χ4n) is 4.58. The fourth-order valence-corrected chi connectivity index (χ4v) is 4.58. The van der Waals surface area contributed by atoms with E-state index in [1.807, 2.05) is 0 Å².